The number of hydrogen-bond donors (Lipinski definition) is 1. The van der Waals surface area contributed by atoms with Crippen LogP contribution in [-0.2, 0) is 26.2 Å². The highest BCUT2D eigenvalue weighted by Crippen LogP contribution is 2.30. The Bertz CT molecular complexity index is 1140. The third-order valence-corrected chi connectivity index (χ3v) is 7.06. The Morgan fingerprint density at radius 2 is 1.72 bits per heavy atom. The number of nitrogens with zero attached hydrogens (tertiary/aromatic N) is 2. The number of carbonyl (C=O) groups excluding carboxylic acids is 2. The first kappa shape index (κ1) is 29.2. The van der Waals surface area contributed by atoms with Gasteiger partial charge in [0.05, 0.1) is 18.6 Å². The van der Waals surface area contributed by atoms with E-state index in [0.717, 1.165) is 28.1 Å². The van der Waals surface area contributed by atoms with Crippen molar-refractivity contribution in [2.75, 3.05) is 23.7 Å². The lowest BCUT2D eigenvalue weighted by Gasteiger charge is -2.33. The van der Waals surface area contributed by atoms with Crippen molar-refractivity contribution in [3.05, 3.63) is 59.7 Å². The molecule has 0 unspecified atom stereocenters. The highest BCUT2D eigenvalue weighted by molar-refractivity contribution is 7.92. The summed E-state index contributed by atoms with van der Waals surface area (Å²) >= 11 is 0. The van der Waals surface area contributed by atoms with Crippen LogP contribution in [0.2, 0.25) is 0 Å². The largest absolute Gasteiger partial charge is 0.492 e. The van der Waals surface area contributed by atoms with Crippen LogP contribution >= 0.6 is 0 Å². The van der Waals surface area contributed by atoms with Crippen LogP contribution in [0.25, 0.3) is 0 Å². The molecule has 2 atom stereocenters. The van der Waals surface area contributed by atoms with Crippen molar-refractivity contribution in [3.8, 4) is 5.75 Å². The van der Waals surface area contributed by atoms with Gasteiger partial charge in [0, 0.05) is 12.6 Å². The van der Waals surface area contributed by atoms with Crippen LogP contribution in [0.1, 0.15) is 51.7 Å². The third kappa shape index (κ3) is 7.98. The number of hydrogen-bond acceptors (Lipinski definition) is 5. The molecule has 2 amide bonds. The third-order valence-electron chi connectivity index (χ3n) is 5.94. The van der Waals surface area contributed by atoms with Gasteiger partial charge in [0.15, 0.2) is 0 Å². The van der Waals surface area contributed by atoms with Crippen molar-refractivity contribution in [3.63, 3.8) is 0 Å². The summed E-state index contributed by atoms with van der Waals surface area (Å²) in [6, 6.07) is 13.6. The maximum absolute atomic E-state index is 13.8. The topological polar surface area (TPSA) is 96.0 Å². The fourth-order valence-electron chi connectivity index (χ4n) is 3.90. The molecule has 0 bridgehead atoms. The predicted octanol–water partition coefficient (Wildman–Crippen LogP) is 3.88. The van der Waals surface area contributed by atoms with Gasteiger partial charge in [-0.3, -0.25) is 13.9 Å². The molecule has 0 aliphatic heterocycles. The van der Waals surface area contributed by atoms with Crippen molar-refractivity contribution in [2.24, 2.45) is 0 Å². The maximum atomic E-state index is 13.8. The molecular weight excluding hydrogens is 478 g/mol. The molecule has 0 aliphatic carbocycles. The molecule has 8 nitrogen and oxygen atoms in total. The molecule has 2 aromatic rings. The van der Waals surface area contributed by atoms with Crippen LogP contribution in [0.15, 0.2) is 48.5 Å². The van der Waals surface area contributed by atoms with Crippen molar-refractivity contribution < 1.29 is 22.7 Å². The average molecular weight is 518 g/mol. The van der Waals surface area contributed by atoms with Gasteiger partial charge in [-0.2, -0.15) is 0 Å². The molecule has 0 radical (unpaired) electrons. The van der Waals surface area contributed by atoms with E-state index in [1.807, 2.05) is 52.0 Å². The average Bonchev–Trinajstić information content (AvgIpc) is 2.82. The van der Waals surface area contributed by atoms with Gasteiger partial charge in [-0.1, -0.05) is 55.8 Å². The van der Waals surface area contributed by atoms with Gasteiger partial charge in [0.1, 0.15) is 18.3 Å². The normalized spacial score (nSPS) is 12.9. The first-order chi connectivity index (χ1) is 17.0. The van der Waals surface area contributed by atoms with Gasteiger partial charge in [-0.05, 0) is 51.3 Å². The van der Waals surface area contributed by atoms with E-state index >= 15 is 0 Å². The number of amides is 2. The van der Waals surface area contributed by atoms with Gasteiger partial charge in [-0.25, -0.2) is 8.42 Å². The second-order valence-electron chi connectivity index (χ2n) is 8.92. The van der Waals surface area contributed by atoms with Crippen molar-refractivity contribution in [1.29, 1.82) is 0 Å². The summed E-state index contributed by atoms with van der Waals surface area (Å²) in [4.78, 5) is 28.5. The minimum atomic E-state index is -3.84. The number of carbonyl (C=O) groups is 2. The lowest BCUT2D eigenvalue weighted by molar-refractivity contribution is -0.140. The molecule has 0 aliphatic rings. The zero-order chi connectivity index (χ0) is 26.9. The minimum Gasteiger partial charge on any atom is -0.492 e. The second-order valence-corrected chi connectivity index (χ2v) is 10.8. The first-order valence-electron chi connectivity index (χ1n) is 12.4. The smallest absolute Gasteiger partial charge is 0.244 e. The van der Waals surface area contributed by atoms with E-state index in [1.165, 1.54) is 4.90 Å². The zero-order valence-electron chi connectivity index (χ0n) is 22.2. The van der Waals surface area contributed by atoms with E-state index in [0.29, 0.717) is 18.8 Å². The number of sulfonamides is 1. The van der Waals surface area contributed by atoms with Gasteiger partial charge in [0.25, 0.3) is 0 Å². The highest BCUT2D eigenvalue weighted by atomic mass is 32.2. The van der Waals surface area contributed by atoms with Gasteiger partial charge >= 0.3 is 0 Å². The maximum Gasteiger partial charge on any atom is 0.244 e. The molecule has 0 aromatic heterocycles. The fourth-order valence-corrected chi connectivity index (χ4v) is 4.76. The summed E-state index contributed by atoms with van der Waals surface area (Å²) in [5, 5.41) is 2.97. The quantitative estimate of drug-likeness (QED) is 0.435. The van der Waals surface area contributed by atoms with E-state index in [9.17, 15) is 18.0 Å². The Kier molecular flexibility index (Phi) is 10.8. The Labute approximate surface area is 215 Å². The summed E-state index contributed by atoms with van der Waals surface area (Å²) in [5.41, 5.74) is 2.17. The molecule has 0 saturated heterocycles. The highest BCUT2D eigenvalue weighted by Gasteiger charge is 2.32. The number of rotatable bonds is 13. The number of anilines is 1. The number of nitrogens with one attached hydrogen (secondary N) is 1. The van der Waals surface area contributed by atoms with E-state index in [2.05, 4.69) is 5.32 Å². The van der Waals surface area contributed by atoms with Crippen LogP contribution in [0.4, 0.5) is 5.69 Å². The summed E-state index contributed by atoms with van der Waals surface area (Å²) in [5.74, 6) is -0.363. The summed E-state index contributed by atoms with van der Waals surface area (Å²) in [7, 11) is -3.84. The van der Waals surface area contributed by atoms with Crippen LogP contribution in [0, 0.1) is 6.92 Å². The number of para-hydroxylation sites is 2. The summed E-state index contributed by atoms with van der Waals surface area (Å²) in [6.07, 6.45) is 2.19. The minimum absolute atomic E-state index is 0.0481. The van der Waals surface area contributed by atoms with Crippen LogP contribution in [-0.4, -0.2) is 56.6 Å². The van der Waals surface area contributed by atoms with Crippen LogP contribution < -0.4 is 14.4 Å². The van der Waals surface area contributed by atoms with E-state index < -0.39 is 28.5 Å². The van der Waals surface area contributed by atoms with Crippen LogP contribution in [0.3, 0.4) is 0 Å². The van der Waals surface area contributed by atoms with E-state index in [-0.39, 0.29) is 24.2 Å². The lowest BCUT2D eigenvalue weighted by Crippen LogP contribution is -2.53. The Morgan fingerprint density at radius 3 is 2.31 bits per heavy atom. The zero-order valence-corrected chi connectivity index (χ0v) is 23.0. The number of ether oxygens (including phenoxy) is 1. The molecule has 9 heteroatoms. The summed E-state index contributed by atoms with van der Waals surface area (Å²) < 4.78 is 32.3. The molecule has 36 heavy (non-hydrogen) atoms. The first-order valence-corrected chi connectivity index (χ1v) is 14.2. The van der Waals surface area contributed by atoms with E-state index in [4.69, 9.17) is 4.74 Å². The standard InChI is InChI=1S/C27H39N3O5S/c1-7-21(5)28-27(32)23(8-2)29(18-22-14-12-13-20(4)17-22)26(31)19-30(36(6,33)34)24-15-10-11-16-25(24)35-9-3/h10-17,21,23H,7-9,18-19H2,1-6H3,(H,28,32)/t21-,23+/m1/s1. The summed E-state index contributed by atoms with van der Waals surface area (Å²) in [6.45, 7) is 9.55. The molecule has 2 rings (SSSR count). The Balaban J connectivity index is 2.49. The second kappa shape index (κ2) is 13.3. The van der Waals surface area contributed by atoms with Crippen molar-refractivity contribution in [1.82, 2.24) is 10.2 Å². The molecule has 2 aromatic carbocycles. The Morgan fingerprint density at radius 1 is 1.03 bits per heavy atom. The van der Waals surface area contributed by atoms with E-state index in [1.54, 1.807) is 31.2 Å². The van der Waals surface area contributed by atoms with Crippen molar-refractivity contribution in [2.45, 2.75) is 66.1 Å². The molecule has 198 valence electrons. The monoisotopic (exact) mass is 517 g/mol. The predicted molar refractivity (Wildman–Crippen MR) is 144 cm³/mol. The van der Waals surface area contributed by atoms with Crippen molar-refractivity contribution >= 4 is 27.5 Å². The van der Waals surface area contributed by atoms with Gasteiger partial charge in [0.2, 0.25) is 21.8 Å². The number of aryl methyl sites for hydroxylation is 1. The van der Waals surface area contributed by atoms with Gasteiger partial charge in [-0.15, -0.1) is 0 Å². The number of benzene rings is 2. The molecule has 0 spiro atoms. The molecule has 0 heterocycles. The lowest BCUT2D eigenvalue weighted by atomic mass is 10.1. The van der Waals surface area contributed by atoms with Gasteiger partial charge < -0.3 is 15.0 Å². The van der Waals surface area contributed by atoms with Crippen LogP contribution in [0.5, 0.6) is 5.75 Å². The molecule has 1 N–H and O–H groups in total. The molecule has 0 saturated carbocycles. The molecular formula is C27H39N3O5S. The molecule has 0 fully saturated rings. The fraction of sp³-hybridized carbons (Fsp3) is 0.481. The Hall–Kier alpha value is -3.07. The SMILES string of the molecule is CCOc1ccccc1N(CC(=O)N(Cc1cccc(C)c1)[C@@H](CC)C(=O)N[C@H](C)CC)S(C)(=O)=O.